The summed E-state index contributed by atoms with van der Waals surface area (Å²) in [5.41, 5.74) is -1.05. The lowest BCUT2D eigenvalue weighted by molar-refractivity contribution is -0.235. The molecule has 22 heavy (non-hydrogen) atoms. The number of aliphatic hydroxyl groups is 1. The number of rotatable bonds is 11. The first-order valence-corrected chi connectivity index (χ1v) is 8.26. The van der Waals surface area contributed by atoms with Crippen LogP contribution in [0.15, 0.2) is 0 Å². The maximum Gasteiger partial charge on any atom is 0.725 e. The van der Waals surface area contributed by atoms with Gasteiger partial charge in [-0.15, -0.1) is 4.89 Å². The molecule has 4 N–H and O–H groups in total. The average Bonchev–Trinajstić information content (AvgIpc) is 2.43. The Kier molecular flexibility index (Phi) is 10.5. The van der Waals surface area contributed by atoms with Crippen LogP contribution in [0, 0.1) is 5.41 Å². The minimum absolute atomic E-state index is 0.0736. The van der Waals surface area contributed by atoms with Gasteiger partial charge in [0.1, 0.15) is 6.10 Å². The highest BCUT2D eigenvalue weighted by molar-refractivity contribution is 7.80. The highest BCUT2D eigenvalue weighted by atomic mass is 32.1. The van der Waals surface area contributed by atoms with Crippen LogP contribution in [0.5, 0.6) is 0 Å². The summed E-state index contributed by atoms with van der Waals surface area (Å²) in [5, 5.41) is 14.9. The second kappa shape index (κ2) is 10.9. The Bertz CT molecular complexity index is 395. The van der Waals surface area contributed by atoms with Gasteiger partial charge in [0.25, 0.3) is 0 Å². The van der Waals surface area contributed by atoms with Crippen molar-refractivity contribution in [3.8, 4) is 0 Å². The molecule has 0 saturated heterocycles. The van der Waals surface area contributed by atoms with Crippen molar-refractivity contribution in [2.45, 2.75) is 26.4 Å². The van der Waals surface area contributed by atoms with E-state index in [0.29, 0.717) is 12.3 Å². The van der Waals surface area contributed by atoms with Crippen molar-refractivity contribution in [1.29, 1.82) is 0 Å². The van der Waals surface area contributed by atoms with Crippen LogP contribution < -0.4 is 10.6 Å². The van der Waals surface area contributed by atoms with Gasteiger partial charge in [0, 0.05) is 35.2 Å². The van der Waals surface area contributed by atoms with Crippen molar-refractivity contribution >= 4 is 32.7 Å². The molecule has 0 heterocycles. The molecule has 9 nitrogen and oxygen atoms in total. The molecule has 0 aliphatic heterocycles. The van der Waals surface area contributed by atoms with Gasteiger partial charge in [0.2, 0.25) is 11.8 Å². The molecule has 128 valence electrons. The van der Waals surface area contributed by atoms with E-state index in [-0.39, 0.29) is 25.5 Å². The summed E-state index contributed by atoms with van der Waals surface area (Å²) in [7, 11) is -2.91. The van der Waals surface area contributed by atoms with E-state index < -0.39 is 25.7 Å². The smallest absolute Gasteiger partial charge is 0.383 e. The lowest BCUT2D eigenvalue weighted by Gasteiger charge is -2.27. The predicted octanol–water partition coefficient (Wildman–Crippen LogP) is -0.476. The number of hydrogen-bond donors (Lipinski definition) is 5. The molecule has 0 aliphatic rings. The summed E-state index contributed by atoms with van der Waals surface area (Å²) in [4.78, 5) is 36.0. The number of aliphatic hydroxyl groups excluding tert-OH is 1. The molecule has 0 aromatic carbocycles. The van der Waals surface area contributed by atoms with Crippen molar-refractivity contribution in [2.75, 3.05) is 25.4 Å². The molecule has 0 aliphatic carbocycles. The number of carbonyl (C=O) groups excluding carboxylic acids is 2. The van der Waals surface area contributed by atoms with Crippen molar-refractivity contribution in [2.24, 2.45) is 5.41 Å². The minimum Gasteiger partial charge on any atom is -0.383 e. The van der Waals surface area contributed by atoms with Gasteiger partial charge in [0.05, 0.1) is 11.3 Å². The molecule has 0 saturated carbocycles. The van der Waals surface area contributed by atoms with Crippen molar-refractivity contribution < 1.29 is 33.7 Å². The maximum atomic E-state index is 11.8. The van der Waals surface area contributed by atoms with E-state index in [1.165, 1.54) is 13.8 Å². The van der Waals surface area contributed by atoms with Gasteiger partial charge >= 0.3 is 8.25 Å². The summed E-state index contributed by atoms with van der Waals surface area (Å²) in [6.45, 7) is 3.28. The van der Waals surface area contributed by atoms with E-state index in [9.17, 15) is 19.3 Å². The molecule has 2 atom stereocenters. The topological polar surface area (TPSA) is 134 Å². The monoisotopic (exact) mass is 357 g/mol. The van der Waals surface area contributed by atoms with Crippen LogP contribution in [0.1, 0.15) is 20.3 Å². The molecule has 0 radical (unpaired) electrons. The Labute approximate surface area is 135 Å². The van der Waals surface area contributed by atoms with Crippen molar-refractivity contribution in [3.05, 3.63) is 0 Å². The van der Waals surface area contributed by atoms with Gasteiger partial charge in [-0.2, -0.15) is 17.5 Å². The van der Waals surface area contributed by atoms with Gasteiger partial charge in [-0.25, -0.2) is 0 Å². The third-order valence-electron chi connectivity index (χ3n) is 2.62. The maximum absolute atomic E-state index is 11.8. The zero-order chi connectivity index (χ0) is 17.2. The van der Waals surface area contributed by atoms with E-state index in [0.717, 1.165) is 0 Å². The van der Waals surface area contributed by atoms with Gasteiger partial charge in [-0.1, -0.05) is 13.8 Å². The van der Waals surface area contributed by atoms with Crippen molar-refractivity contribution in [3.63, 3.8) is 0 Å². The van der Waals surface area contributed by atoms with Crippen LogP contribution in [0.2, 0.25) is 0 Å². The number of thiol groups is 1. The molecule has 0 rings (SSSR count). The third-order valence-corrected chi connectivity index (χ3v) is 3.08. The number of nitrogens with one attached hydrogen (secondary N) is 2. The molecule has 2 unspecified atom stereocenters. The molecule has 2 amide bonds. The molecule has 0 aromatic heterocycles. The molecular formula is C11H22N2O7PS+. The van der Waals surface area contributed by atoms with Crippen LogP contribution in [-0.4, -0.2) is 53.4 Å². The van der Waals surface area contributed by atoms with E-state index >= 15 is 0 Å². The fraction of sp³-hybridized carbons (Fsp3) is 0.818. The fourth-order valence-corrected chi connectivity index (χ4v) is 1.59. The molecule has 11 heteroatoms. The first-order chi connectivity index (χ1) is 10.2. The molecule has 0 spiro atoms. The summed E-state index contributed by atoms with van der Waals surface area (Å²) in [5.74, 6) is -0.387. The standard InChI is InChI=1S/C11H21N2O7PS/c1-11(2,7-19-20-21(17)18)9(15)10(16)13-4-3-8(14)12-5-6-22/h9,15H,3-7H2,1-2H3,(H3-,12,13,14,16,17,18,22)/p+1. The Morgan fingerprint density at radius 1 is 1.32 bits per heavy atom. The second-order valence-corrected chi connectivity index (χ2v) is 6.15. The van der Waals surface area contributed by atoms with Crippen LogP contribution in [-0.2, 0) is 23.7 Å². The van der Waals surface area contributed by atoms with Gasteiger partial charge < -0.3 is 15.7 Å². The lowest BCUT2D eigenvalue weighted by Crippen LogP contribution is -2.46. The van der Waals surface area contributed by atoms with Crippen LogP contribution in [0.4, 0.5) is 0 Å². The fourth-order valence-electron chi connectivity index (χ4n) is 1.34. The molecule has 0 fully saturated rings. The largest absolute Gasteiger partial charge is 0.725 e. The van der Waals surface area contributed by atoms with Gasteiger partial charge in [-0.05, 0) is 0 Å². The quantitative estimate of drug-likeness (QED) is 0.146. The molecule has 0 bridgehead atoms. The van der Waals surface area contributed by atoms with Gasteiger partial charge in [-0.3, -0.25) is 9.59 Å². The SMILES string of the molecule is CC(C)(COO[P+](=O)O)C(O)C(=O)NCCC(=O)NCCS. The Morgan fingerprint density at radius 2 is 1.95 bits per heavy atom. The number of hydrogen-bond acceptors (Lipinski definition) is 7. The van der Waals surface area contributed by atoms with E-state index in [2.05, 4.69) is 32.8 Å². The number of amides is 2. The summed E-state index contributed by atoms with van der Waals surface area (Å²) >= 11 is 3.94. The average molecular weight is 357 g/mol. The number of carbonyl (C=O) groups is 2. The first kappa shape index (κ1) is 21.2. The third kappa shape index (κ3) is 9.29. The summed E-state index contributed by atoms with van der Waals surface area (Å²) in [6.07, 6.45) is -1.36. The van der Waals surface area contributed by atoms with Crippen LogP contribution >= 0.6 is 20.9 Å². The summed E-state index contributed by atoms with van der Waals surface area (Å²) < 4.78 is 14.3. The zero-order valence-electron chi connectivity index (χ0n) is 12.4. The Hall–Kier alpha value is -0.770. The molecular weight excluding hydrogens is 335 g/mol. The lowest BCUT2D eigenvalue weighted by atomic mass is 9.87. The first-order valence-electron chi connectivity index (χ1n) is 6.49. The van der Waals surface area contributed by atoms with E-state index in [1.807, 2.05) is 0 Å². The molecule has 0 aromatic rings. The Morgan fingerprint density at radius 3 is 2.50 bits per heavy atom. The van der Waals surface area contributed by atoms with E-state index in [1.54, 1.807) is 0 Å². The normalized spacial score (nSPS) is 13.4. The predicted molar refractivity (Wildman–Crippen MR) is 81.1 cm³/mol. The Balaban J connectivity index is 4.12. The van der Waals surface area contributed by atoms with Gasteiger partial charge in [0.15, 0.2) is 0 Å². The second-order valence-electron chi connectivity index (χ2n) is 5.08. The van der Waals surface area contributed by atoms with Crippen LogP contribution in [0.25, 0.3) is 0 Å². The van der Waals surface area contributed by atoms with E-state index in [4.69, 9.17) is 4.89 Å². The van der Waals surface area contributed by atoms with Crippen molar-refractivity contribution in [1.82, 2.24) is 10.6 Å². The highest BCUT2D eigenvalue weighted by Gasteiger charge is 2.35. The minimum atomic E-state index is -2.91. The van der Waals surface area contributed by atoms with Crippen LogP contribution in [0.3, 0.4) is 0 Å². The highest BCUT2D eigenvalue weighted by Crippen LogP contribution is 2.24. The summed E-state index contributed by atoms with van der Waals surface area (Å²) in [6, 6.07) is 0. The zero-order valence-corrected chi connectivity index (χ0v) is 14.2.